The molecule has 36 heavy (non-hydrogen) atoms. The van der Waals surface area contributed by atoms with Crippen LogP contribution in [-0.4, -0.2) is 43.6 Å². The van der Waals surface area contributed by atoms with Gasteiger partial charge in [0.15, 0.2) is 0 Å². The molecule has 1 amide bonds. The van der Waals surface area contributed by atoms with Crippen molar-refractivity contribution in [3.05, 3.63) is 70.7 Å². The standard InChI is InChI=1S/C22H16ClF3N4O5S/c23-16-11-14(5-6-15(16)19(27)29-21(31)32)36(33,34)30-9-10-35-20-18(30)8-7-17(28-20)12-1-3-13(4-2-12)22(24,25)26/h1-8,11H,9-10H2,(H2,27,29)(H,31,32)/p+1. The molecule has 0 bridgehead atoms. The summed E-state index contributed by atoms with van der Waals surface area (Å²) in [5, 5.41) is 8.71. The Morgan fingerprint density at radius 2 is 1.83 bits per heavy atom. The fourth-order valence-electron chi connectivity index (χ4n) is 3.50. The lowest BCUT2D eigenvalue weighted by Gasteiger charge is -2.30. The Bertz CT molecular complexity index is 1480. The van der Waals surface area contributed by atoms with Crippen molar-refractivity contribution < 1.29 is 41.2 Å². The van der Waals surface area contributed by atoms with Crippen LogP contribution in [0.4, 0.5) is 23.7 Å². The first-order valence-electron chi connectivity index (χ1n) is 10.1. The maximum atomic E-state index is 13.4. The number of amides is 1. The fourth-order valence-corrected chi connectivity index (χ4v) is 5.32. The highest BCUT2D eigenvalue weighted by molar-refractivity contribution is 7.92. The highest BCUT2D eigenvalue weighted by Gasteiger charge is 2.33. The zero-order valence-corrected chi connectivity index (χ0v) is 19.7. The maximum absolute atomic E-state index is 13.4. The number of pyridine rings is 1. The normalized spacial score (nSPS) is 14.2. The number of aromatic nitrogens is 1. The van der Waals surface area contributed by atoms with Gasteiger partial charge in [0.1, 0.15) is 12.3 Å². The van der Waals surface area contributed by atoms with Gasteiger partial charge in [-0.25, -0.2) is 13.4 Å². The topological polar surface area (TPSA) is 137 Å². The molecule has 0 spiro atoms. The van der Waals surface area contributed by atoms with Crippen LogP contribution in [-0.2, 0) is 16.2 Å². The van der Waals surface area contributed by atoms with Crippen molar-refractivity contribution in [2.24, 2.45) is 5.73 Å². The van der Waals surface area contributed by atoms with Gasteiger partial charge in [-0.3, -0.25) is 10.0 Å². The number of rotatable bonds is 4. The van der Waals surface area contributed by atoms with Crippen LogP contribution >= 0.6 is 11.6 Å². The van der Waals surface area contributed by atoms with Gasteiger partial charge in [0.05, 0.1) is 33.3 Å². The summed E-state index contributed by atoms with van der Waals surface area (Å²) in [6.07, 6.45) is -5.88. The molecule has 0 radical (unpaired) electrons. The largest absolute Gasteiger partial charge is 0.502 e. The molecule has 188 valence electrons. The lowest BCUT2D eigenvalue weighted by molar-refractivity contribution is -0.364. The van der Waals surface area contributed by atoms with Crippen LogP contribution in [0.2, 0.25) is 5.02 Å². The molecule has 0 fully saturated rings. The number of nitrogens with zero attached hydrogens (tertiary/aromatic N) is 2. The van der Waals surface area contributed by atoms with Gasteiger partial charge in [0.2, 0.25) is 5.88 Å². The second-order valence-electron chi connectivity index (χ2n) is 7.51. The number of hydrogen-bond acceptors (Lipinski definition) is 5. The van der Waals surface area contributed by atoms with Crippen LogP contribution in [0.3, 0.4) is 0 Å². The molecular weight excluding hydrogens is 525 g/mol. The number of alkyl halides is 3. The third-order valence-corrected chi connectivity index (χ3v) is 7.33. The molecule has 0 unspecified atom stereocenters. The van der Waals surface area contributed by atoms with Crippen molar-refractivity contribution >= 4 is 39.2 Å². The first kappa shape index (κ1) is 25.3. The fraction of sp³-hybridized carbons (Fsp3) is 0.136. The number of benzene rings is 2. The Morgan fingerprint density at radius 3 is 2.44 bits per heavy atom. The predicted molar refractivity (Wildman–Crippen MR) is 123 cm³/mol. The highest BCUT2D eigenvalue weighted by Crippen LogP contribution is 2.37. The number of amidine groups is 1. The lowest BCUT2D eigenvalue weighted by Crippen LogP contribution is -2.79. The summed E-state index contributed by atoms with van der Waals surface area (Å²) in [5.74, 6) is -0.277. The minimum absolute atomic E-state index is 0.00632. The number of fused-ring (bicyclic) bond motifs is 1. The molecule has 1 aromatic heterocycles. The Labute approximate surface area is 207 Å². The minimum Gasteiger partial charge on any atom is -0.474 e. The smallest absolute Gasteiger partial charge is 0.474 e. The number of hydrogen-bond donors (Lipinski definition) is 3. The van der Waals surface area contributed by atoms with Gasteiger partial charge in [-0.2, -0.15) is 23.0 Å². The van der Waals surface area contributed by atoms with Crippen molar-refractivity contribution in [3.8, 4) is 17.1 Å². The summed E-state index contributed by atoms with van der Waals surface area (Å²) >= 11 is 6.16. The van der Waals surface area contributed by atoms with Gasteiger partial charge in [-0.1, -0.05) is 23.7 Å². The third kappa shape index (κ3) is 4.93. The number of ether oxygens (including phenoxy) is 1. The maximum Gasteiger partial charge on any atom is 0.502 e. The van der Waals surface area contributed by atoms with E-state index in [0.29, 0.717) is 11.3 Å². The van der Waals surface area contributed by atoms with E-state index in [1.807, 2.05) is 4.99 Å². The molecule has 4 rings (SSSR count). The number of sulfonamides is 1. The molecule has 14 heteroatoms. The minimum atomic E-state index is -4.47. The molecule has 2 aromatic carbocycles. The number of nitrogens with two attached hydrogens (primary N) is 1. The van der Waals surface area contributed by atoms with Gasteiger partial charge in [0, 0.05) is 5.56 Å². The van der Waals surface area contributed by atoms with Gasteiger partial charge in [-0.15, -0.1) is 0 Å². The molecule has 0 saturated carbocycles. The summed E-state index contributed by atoms with van der Waals surface area (Å²) in [4.78, 5) is 16.9. The summed E-state index contributed by atoms with van der Waals surface area (Å²) in [6.45, 7) is -0.0599. The first-order chi connectivity index (χ1) is 16.9. The zero-order valence-electron chi connectivity index (χ0n) is 18.1. The second kappa shape index (κ2) is 9.32. The second-order valence-corrected chi connectivity index (χ2v) is 9.78. The predicted octanol–water partition coefficient (Wildman–Crippen LogP) is 2.47. The molecular formula is C22H17ClF3N4O5S+. The Balaban J connectivity index is 1.66. The van der Waals surface area contributed by atoms with Crippen LogP contribution in [0.1, 0.15) is 11.1 Å². The molecule has 0 atom stereocenters. The van der Waals surface area contributed by atoms with E-state index in [1.165, 1.54) is 36.4 Å². The van der Waals surface area contributed by atoms with Gasteiger partial charge in [-0.05, 0) is 42.5 Å². The van der Waals surface area contributed by atoms with Gasteiger partial charge < -0.3 is 9.84 Å². The van der Waals surface area contributed by atoms with Crippen molar-refractivity contribution in [1.82, 2.24) is 4.98 Å². The van der Waals surface area contributed by atoms with Crippen LogP contribution in [0.25, 0.3) is 11.3 Å². The Morgan fingerprint density at radius 1 is 1.14 bits per heavy atom. The Hall–Kier alpha value is -3.84. The number of nitrogen functional groups attached to an aromatic ring is 1. The van der Waals surface area contributed by atoms with E-state index in [4.69, 9.17) is 27.2 Å². The number of nitrogens with one attached hydrogen (secondary N) is 1. The number of halogens is 4. The third-order valence-electron chi connectivity index (χ3n) is 5.21. The van der Waals surface area contributed by atoms with E-state index in [-0.39, 0.29) is 46.0 Å². The first-order valence-corrected chi connectivity index (χ1v) is 12.0. The quantitative estimate of drug-likeness (QED) is 0.341. The summed E-state index contributed by atoms with van der Waals surface area (Å²) in [6, 6.07) is 10.9. The monoisotopic (exact) mass is 541 g/mol. The number of carboxylic acid groups (broad SMARTS) is 1. The average molecular weight is 542 g/mol. The molecule has 9 nitrogen and oxygen atoms in total. The molecule has 3 aromatic rings. The van der Waals surface area contributed by atoms with Crippen molar-refractivity contribution in [2.75, 3.05) is 17.5 Å². The van der Waals surface area contributed by atoms with Crippen molar-refractivity contribution in [3.63, 3.8) is 0 Å². The van der Waals surface area contributed by atoms with Crippen molar-refractivity contribution in [2.45, 2.75) is 11.1 Å². The Kier molecular flexibility index (Phi) is 6.54. The van der Waals surface area contributed by atoms with Gasteiger partial charge in [0.25, 0.3) is 15.9 Å². The van der Waals surface area contributed by atoms with Crippen LogP contribution in [0.5, 0.6) is 5.88 Å². The van der Waals surface area contributed by atoms with E-state index in [1.54, 1.807) is 0 Å². The highest BCUT2D eigenvalue weighted by atomic mass is 35.5. The molecule has 1 aliphatic heterocycles. The SMILES string of the molecule is NC(=[NH+]C(=O)O)c1ccc(S(=O)(=O)N2CCOc3nc(-c4ccc(C(F)(F)F)cc4)ccc32)cc1Cl. The molecule has 1 aliphatic rings. The molecule has 0 aliphatic carbocycles. The molecule has 2 heterocycles. The van der Waals surface area contributed by atoms with Crippen molar-refractivity contribution in [1.29, 1.82) is 0 Å². The van der Waals surface area contributed by atoms with Crippen LogP contribution in [0.15, 0.2) is 59.5 Å². The summed E-state index contributed by atoms with van der Waals surface area (Å²) < 4.78 is 71.9. The summed E-state index contributed by atoms with van der Waals surface area (Å²) in [5.41, 5.74) is 5.77. The van der Waals surface area contributed by atoms with Gasteiger partial charge >= 0.3 is 12.3 Å². The van der Waals surface area contributed by atoms with E-state index in [0.717, 1.165) is 22.5 Å². The van der Waals surface area contributed by atoms with Crippen LogP contribution < -0.4 is 19.8 Å². The van der Waals surface area contributed by atoms with Crippen LogP contribution in [0, 0.1) is 0 Å². The van der Waals surface area contributed by atoms with E-state index in [2.05, 4.69) is 4.98 Å². The average Bonchev–Trinajstić information content (AvgIpc) is 2.82. The van der Waals surface area contributed by atoms with E-state index >= 15 is 0 Å². The lowest BCUT2D eigenvalue weighted by atomic mass is 10.1. The number of anilines is 1. The summed E-state index contributed by atoms with van der Waals surface area (Å²) in [7, 11) is -4.15. The van der Waals surface area contributed by atoms with E-state index < -0.39 is 27.9 Å². The zero-order chi connectivity index (χ0) is 26.3. The number of carbonyl (C=O) groups is 1. The molecule has 0 saturated heterocycles. The molecule has 4 N–H and O–H groups in total. The van der Waals surface area contributed by atoms with E-state index in [9.17, 15) is 26.4 Å².